The second-order valence-corrected chi connectivity index (χ2v) is 6.64. The summed E-state index contributed by atoms with van der Waals surface area (Å²) in [5, 5.41) is 14.2. The van der Waals surface area contributed by atoms with Gasteiger partial charge in [0.15, 0.2) is 0 Å². The van der Waals surface area contributed by atoms with Gasteiger partial charge < -0.3 is 19.9 Å². The average Bonchev–Trinajstić information content (AvgIpc) is 2.46. The molecule has 1 aromatic carbocycles. The molecule has 6 heteroatoms. The van der Waals surface area contributed by atoms with Crippen molar-refractivity contribution in [1.29, 1.82) is 0 Å². The summed E-state index contributed by atoms with van der Waals surface area (Å²) in [6.07, 6.45) is 1.80. The van der Waals surface area contributed by atoms with E-state index in [1.54, 1.807) is 18.2 Å². The van der Waals surface area contributed by atoms with Crippen LogP contribution in [0.3, 0.4) is 0 Å². The van der Waals surface area contributed by atoms with Gasteiger partial charge in [0.2, 0.25) is 0 Å². The molecule has 3 atom stereocenters. The molecule has 0 aliphatic carbocycles. The molecule has 1 heterocycles. The molecule has 2 rings (SSSR count). The molecule has 1 aliphatic heterocycles. The van der Waals surface area contributed by atoms with Crippen LogP contribution in [0.5, 0.6) is 5.75 Å². The molecule has 124 valence electrons. The summed E-state index contributed by atoms with van der Waals surface area (Å²) in [5.74, 6) is 0.488. The van der Waals surface area contributed by atoms with E-state index in [-0.39, 0.29) is 18.8 Å². The lowest BCUT2D eigenvalue weighted by Gasteiger charge is -2.33. The van der Waals surface area contributed by atoms with E-state index in [0.717, 1.165) is 12.8 Å². The Hall–Kier alpha value is -0.520. The number of ether oxygens (including phenoxy) is 2. The Labute approximate surface area is 141 Å². The van der Waals surface area contributed by atoms with Crippen LogP contribution in [0, 0.1) is 0 Å². The molecule has 4 nitrogen and oxygen atoms in total. The van der Waals surface area contributed by atoms with Crippen molar-refractivity contribution in [3.05, 3.63) is 28.2 Å². The smallest absolute Gasteiger partial charge is 0.139 e. The van der Waals surface area contributed by atoms with Crippen molar-refractivity contribution in [3.8, 4) is 5.75 Å². The highest BCUT2D eigenvalue weighted by Gasteiger charge is 2.24. The second-order valence-electron chi connectivity index (χ2n) is 5.85. The van der Waals surface area contributed by atoms with E-state index < -0.39 is 6.10 Å². The van der Waals surface area contributed by atoms with Crippen LogP contribution in [-0.2, 0) is 4.74 Å². The normalized spacial score (nSPS) is 26.7. The van der Waals surface area contributed by atoms with E-state index in [1.807, 2.05) is 0 Å². The van der Waals surface area contributed by atoms with Gasteiger partial charge in [-0.3, -0.25) is 0 Å². The van der Waals surface area contributed by atoms with E-state index in [4.69, 9.17) is 32.7 Å². The maximum absolute atomic E-state index is 10.0. The van der Waals surface area contributed by atoms with Gasteiger partial charge in [-0.05, 0) is 38.8 Å². The minimum absolute atomic E-state index is 0.168. The molecule has 1 aliphatic rings. The molecule has 0 aromatic heterocycles. The third-order valence-electron chi connectivity index (χ3n) is 3.69. The Kier molecular flexibility index (Phi) is 6.78. The van der Waals surface area contributed by atoms with Gasteiger partial charge in [-0.15, -0.1) is 0 Å². The Morgan fingerprint density at radius 3 is 2.68 bits per heavy atom. The van der Waals surface area contributed by atoms with Crippen molar-refractivity contribution >= 4 is 23.2 Å². The monoisotopic (exact) mass is 347 g/mol. The molecule has 3 unspecified atom stereocenters. The maximum atomic E-state index is 10.0. The SMILES string of the molecule is CC1CC(NCC(O)COc2cccc(Cl)c2Cl)CC(C)O1. The highest BCUT2D eigenvalue weighted by molar-refractivity contribution is 6.42. The lowest BCUT2D eigenvalue weighted by Crippen LogP contribution is -2.44. The standard InChI is InChI=1S/C16H23Cl2NO3/c1-10-6-12(7-11(2)22-10)19-8-13(20)9-21-15-5-3-4-14(17)16(15)18/h3-5,10-13,19-20H,6-9H2,1-2H3. The summed E-state index contributed by atoms with van der Waals surface area (Å²) in [6.45, 7) is 4.79. The maximum Gasteiger partial charge on any atom is 0.139 e. The number of hydrogen-bond acceptors (Lipinski definition) is 4. The first kappa shape index (κ1) is 17.8. The first-order valence-electron chi connectivity index (χ1n) is 7.59. The largest absolute Gasteiger partial charge is 0.489 e. The molecule has 0 saturated carbocycles. The Bertz CT molecular complexity index is 476. The summed E-state index contributed by atoms with van der Waals surface area (Å²) < 4.78 is 11.2. The molecule has 1 saturated heterocycles. The number of halogens is 2. The molecule has 0 amide bonds. The zero-order valence-electron chi connectivity index (χ0n) is 12.9. The van der Waals surface area contributed by atoms with Crippen molar-refractivity contribution in [3.63, 3.8) is 0 Å². The van der Waals surface area contributed by atoms with Crippen LogP contribution >= 0.6 is 23.2 Å². The molecule has 1 fully saturated rings. The first-order chi connectivity index (χ1) is 10.5. The summed E-state index contributed by atoms with van der Waals surface area (Å²) in [7, 11) is 0. The topological polar surface area (TPSA) is 50.7 Å². The van der Waals surface area contributed by atoms with Crippen molar-refractivity contribution in [2.24, 2.45) is 0 Å². The molecule has 0 spiro atoms. The Morgan fingerprint density at radius 1 is 1.32 bits per heavy atom. The van der Waals surface area contributed by atoms with E-state index in [9.17, 15) is 5.11 Å². The predicted octanol–water partition coefficient (Wildman–Crippen LogP) is 3.28. The highest BCUT2D eigenvalue weighted by Crippen LogP contribution is 2.31. The molecule has 0 radical (unpaired) electrons. The first-order valence-corrected chi connectivity index (χ1v) is 8.35. The van der Waals surface area contributed by atoms with Crippen molar-refractivity contribution < 1.29 is 14.6 Å². The van der Waals surface area contributed by atoms with Crippen molar-refractivity contribution in [2.75, 3.05) is 13.2 Å². The fourth-order valence-electron chi connectivity index (χ4n) is 2.72. The predicted molar refractivity (Wildman–Crippen MR) is 89.0 cm³/mol. The highest BCUT2D eigenvalue weighted by atomic mass is 35.5. The van der Waals surface area contributed by atoms with Gasteiger partial charge in [-0.25, -0.2) is 0 Å². The summed E-state index contributed by atoms with van der Waals surface area (Å²) >= 11 is 12.0. The molecule has 22 heavy (non-hydrogen) atoms. The third kappa shape index (κ3) is 5.28. The number of rotatable bonds is 6. The van der Waals surface area contributed by atoms with Gasteiger partial charge in [0.1, 0.15) is 23.5 Å². The van der Waals surface area contributed by atoms with E-state index in [2.05, 4.69) is 19.2 Å². The van der Waals surface area contributed by atoms with E-state index >= 15 is 0 Å². The molecule has 0 bridgehead atoms. The summed E-state index contributed by atoms with van der Waals surface area (Å²) in [5.41, 5.74) is 0. The number of hydrogen-bond donors (Lipinski definition) is 2. The van der Waals surface area contributed by atoms with Crippen LogP contribution in [0.15, 0.2) is 18.2 Å². The molecular formula is C16H23Cl2NO3. The van der Waals surface area contributed by atoms with Crippen LogP contribution in [-0.4, -0.2) is 42.6 Å². The summed E-state index contributed by atoms with van der Waals surface area (Å²) in [4.78, 5) is 0. The zero-order valence-corrected chi connectivity index (χ0v) is 14.4. The minimum atomic E-state index is -0.608. The van der Waals surface area contributed by atoms with Gasteiger partial charge in [0, 0.05) is 12.6 Å². The Morgan fingerprint density at radius 2 is 2.00 bits per heavy atom. The Balaban J connectivity index is 1.74. The zero-order chi connectivity index (χ0) is 16.1. The van der Waals surface area contributed by atoms with Gasteiger partial charge in [-0.2, -0.15) is 0 Å². The fourth-order valence-corrected chi connectivity index (χ4v) is 3.06. The average molecular weight is 348 g/mol. The quantitative estimate of drug-likeness (QED) is 0.828. The summed E-state index contributed by atoms with van der Waals surface area (Å²) in [6, 6.07) is 5.56. The molecule has 1 aromatic rings. The molecule has 2 N–H and O–H groups in total. The van der Waals surface area contributed by atoms with Crippen LogP contribution < -0.4 is 10.1 Å². The van der Waals surface area contributed by atoms with Crippen LogP contribution in [0.25, 0.3) is 0 Å². The van der Waals surface area contributed by atoms with E-state index in [1.165, 1.54) is 0 Å². The van der Waals surface area contributed by atoms with Crippen LogP contribution in [0.2, 0.25) is 10.0 Å². The van der Waals surface area contributed by atoms with Gasteiger partial charge in [0.05, 0.1) is 17.2 Å². The third-order valence-corrected chi connectivity index (χ3v) is 4.49. The van der Waals surface area contributed by atoms with Crippen molar-refractivity contribution in [1.82, 2.24) is 5.32 Å². The second kappa shape index (κ2) is 8.37. The van der Waals surface area contributed by atoms with Crippen LogP contribution in [0.1, 0.15) is 26.7 Å². The number of aliphatic hydroxyl groups is 1. The van der Waals surface area contributed by atoms with Gasteiger partial charge >= 0.3 is 0 Å². The van der Waals surface area contributed by atoms with Crippen LogP contribution in [0.4, 0.5) is 0 Å². The number of nitrogens with one attached hydrogen (secondary N) is 1. The number of benzene rings is 1. The van der Waals surface area contributed by atoms with E-state index in [0.29, 0.717) is 28.4 Å². The lowest BCUT2D eigenvalue weighted by atomic mass is 10.00. The fraction of sp³-hybridized carbons (Fsp3) is 0.625. The minimum Gasteiger partial charge on any atom is -0.489 e. The van der Waals surface area contributed by atoms with Gasteiger partial charge in [-0.1, -0.05) is 29.3 Å². The van der Waals surface area contributed by atoms with Crippen molar-refractivity contribution in [2.45, 2.75) is 51.0 Å². The van der Waals surface area contributed by atoms with Gasteiger partial charge in [0.25, 0.3) is 0 Å². The molecular weight excluding hydrogens is 325 g/mol. The lowest BCUT2D eigenvalue weighted by molar-refractivity contribution is -0.0437. The number of aliphatic hydroxyl groups excluding tert-OH is 1.